The first kappa shape index (κ1) is 20.0. The number of aromatic nitrogens is 1. The molecule has 2 amide bonds. The minimum absolute atomic E-state index is 0.0349. The Kier molecular flexibility index (Phi) is 5.74. The highest BCUT2D eigenvalue weighted by atomic mass is 16.5. The lowest BCUT2D eigenvalue weighted by atomic mass is 10.0. The summed E-state index contributed by atoms with van der Waals surface area (Å²) >= 11 is 0. The molecular formula is C24H27N3O3. The lowest BCUT2D eigenvalue weighted by Gasteiger charge is -2.17. The third-order valence-electron chi connectivity index (χ3n) is 5.69. The maximum absolute atomic E-state index is 13.1. The van der Waals surface area contributed by atoms with E-state index in [0.717, 1.165) is 23.7 Å². The number of methoxy groups -OCH3 is 1. The van der Waals surface area contributed by atoms with Crippen molar-refractivity contribution in [2.75, 3.05) is 26.0 Å². The molecule has 0 fully saturated rings. The van der Waals surface area contributed by atoms with E-state index in [1.54, 1.807) is 32.4 Å². The molecule has 0 radical (unpaired) electrons. The van der Waals surface area contributed by atoms with Crippen LogP contribution in [-0.2, 0) is 17.6 Å². The monoisotopic (exact) mass is 405 g/mol. The molecule has 1 heterocycles. The molecule has 0 atom stereocenters. The number of carbonyl (C=O) groups is 2. The zero-order chi connectivity index (χ0) is 21.1. The van der Waals surface area contributed by atoms with E-state index in [4.69, 9.17) is 4.74 Å². The molecule has 1 aliphatic rings. The van der Waals surface area contributed by atoms with Gasteiger partial charge in [0.1, 0.15) is 5.75 Å². The van der Waals surface area contributed by atoms with Crippen molar-refractivity contribution in [1.82, 2.24) is 9.88 Å². The normalized spacial score (nSPS) is 13.4. The quantitative estimate of drug-likeness (QED) is 0.626. The number of amides is 2. The summed E-state index contributed by atoms with van der Waals surface area (Å²) in [4.78, 5) is 30.6. The number of hydrogen-bond donors (Lipinski definition) is 2. The largest absolute Gasteiger partial charge is 0.497 e. The van der Waals surface area contributed by atoms with Gasteiger partial charge in [0, 0.05) is 29.9 Å². The van der Waals surface area contributed by atoms with Crippen LogP contribution in [0.5, 0.6) is 5.75 Å². The molecule has 0 bridgehead atoms. The van der Waals surface area contributed by atoms with Crippen molar-refractivity contribution in [3.63, 3.8) is 0 Å². The molecular weight excluding hydrogens is 378 g/mol. The minimum Gasteiger partial charge on any atom is -0.497 e. The third kappa shape index (κ3) is 4.03. The molecule has 3 aromatic rings. The van der Waals surface area contributed by atoms with Crippen LogP contribution in [0, 0.1) is 0 Å². The molecule has 6 nitrogen and oxygen atoms in total. The number of fused-ring (bicyclic) bond motifs is 3. The number of aromatic amines is 1. The van der Waals surface area contributed by atoms with E-state index in [0.29, 0.717) is 17.0 Å². The number of hydrogen-bond acceptors (Lipinski definition) is 3. The molecule has 0 saturated carbocycles. The van der Waals surface area contributed by atoms with E-state index in [1.165, 1.54) is 35.4 Å². The van der Waals surface area contributed by atoms with Crippen LogP contribution < -0.4 is 10.1 Å². The molecule has 30 heavy (non-hydrogen) atoms. The van der Waals surface area contributed by atoms with Crippen LogP contribution in [0.15, 0.2) is 42.5 Å². The van der Waals surface area contributed by atoms with Crippen LogP contribution >= 0.6 is 0 Å². The first-order valence-electron chi connectivity index (χ1n) is 10.4. The van der Waals surface area contributed by atoms with Gasteiger partial charge in [-0.3, -0.25) is 9.59 Å². The summed E-state index contributed by atoms with van der Waals surface area (Å²) in [7, 11) is 3.23. The van der Waals surface area contributed by atoms with Crippen molar-refractivity contribution in [1.29, 1.82) is 0 Å². The van der Waals surface area contributed by atoms with Crippen molar-refractivity contribution in [2.45, 2.75) is 32.1 Å². The molecule has 2 aromatic carbocycles. The van der Waals surface area contributed by atoms with E-state index in [2.05, 4.69) is 16.4 Å². The van der Waals surface area contributed by atoms with E-state index in [9.17, 15) is 9.59 Å². The number of aryl methyl sites for hydroxylation is 2. The highest BCUT2D eigenvalue weighted by molar-refractivity contribution is 6.08. The van der Waals surface area contributed by atoms with Gasteiger partial charge in [-0.15, -0.1) is 0 Å². The number of carbonyl (C=O) groups excluding carboxylic acids is 2. The van der Waals surface area contributed by atoms with Crippen molar-refractivity contribution >= 4 is 28.4 Å². The number of anilines is 1. The van der Waals surface area contributed by atoms with Gasteiger partial charge in [-0.25, -0.2) is 0 Å². The summed E-state index contributed by atoms with van der Waals surface area (Å²) in [6.45, 7) is -0.0349. The van der Waals surface area contributed by atoms with Gasteiger partial charge in [0.25, 0.3) is 5.91 Å². The highest BCUT2D eigenvalue weighted by Gasteiger charge is 2.21. The second kappa shape index (κ2) is 8.61. The molecule has 0 unspecified atom stereocenters. The molecule has 156 valence electrons. The first-order chi connectivity index (χ1) is 14.6. The maximum atomic E-state index is 13.1. The number of likely N-dealkylation sites (N-methyl/N-ethyl adjacent to an activating group) is 1. The molecule has 0 aliphatic heterocycles. The predicted octanol–water partition coefficient (Wildman–Crippen LogP) is 4.16. The van der Waals surface area contributed by atoms with Gasteiger partial charge in [-0.2, -0.15) is 0 Å². The molecule has 0 spiro atoms. The Labute approximate surface area is 176 Å². The maximum Gasteiger partial charge on any atom is 0.256 e. The predicted molar refractivity (Wildman–Crippen MR) is 118 cm³/mol. The molecule has 6 heteroatoms. The Hall–Kier alpha value is -3.28. The summed E-state index contributed by atoms with van der Waals surface area (Å²) in [5, 5.41) is 3.95. The van der Waals surface area contributed by atoms with Crippen molar-refractivity contribution in [3.05, 3.63) is 59.3 Å². The van der Waals surface area contributed by atoms with Crippen LogP contribution in [0.4, 0.5) is 5.69 Å². The van der Waals surface area contributed by atoms with Crippen LogP contribution in [0.25, 0.3) is 10.9 Å². The Morgan fingerprint density at radius 1 is 1.10 bits per heavy atom. The zero-order valence-corrected chi connectivity index (χ0v) is 17.5. The fourth-order valence-electron chi connectivity index (χ4n) is 4.18. The highest BCUT2D eigenvalue weighted by Crippen LogP contribution is 2.30. The van der Waals surface area contributed by atoms with Crippen molar-refractivity contribution in [2.24, 2.45) is 0 Å². The number of para-hydroxylation sites is 1. The van der Waals surface area contributed by atoms with Gasteiger partial charge in [0.05, 0.1) is 24.7 Å². The van der Waals surface area contributed by atoms with Crippen LogP contribution in [0.1, 0.15) is 40.9 Å². The number of ether oxygens (including phenoxy) is 1. The molecule has 0 saturated heterocycles. The van der Waals surface area contributed by atoms with Gasteiger partial charge in [0.15, 0.2) is 0 Å². The summed E-state index contributed by atoms with van der Waals surface area (Å²) in [6, 6.07) is 13.0. The second-order valence-electron chi connectivity index (χ2n) is 7.81. The molecule has 4 rings (SSSR count). The minimum atomic E-state index is -0.256. The van der Waals surface area contributed by atoms with Crippen molar-refractivity contribution in [3.8, 4) is 5.75 Å². The van der Waals surface area contributed by atoms with E-state index in [-0.39, 0.29) is 18.4 Å². The second-order valence-corrected chi connectivity index (χ2v) is 7.81. The first-order valence-corrected chi connectivity index (χ1v) is 10.4. The Balaban J connectivity index is 1.51. The average Bonchev–Trinajstić information content (AvgIpc) is 2.94. The van der Waals surface area contributed by atoms with Gasteiger partial charge in [0.2, 0.25) is 5.91 Å². The number of benzene rings is 2. The average molecular weight is 405 g/mol. The van der Waals surface area contributed by atoms with Crippen LogP contribution in [-0.4, -0.2) is 42.4 Å². The standard InChI is InChI=1S/C24H27N3O3/c1-27(15-22(28)25-16-8-6-9-17(14-16)30-2)24(29)20-12-7-11-19-18-10-4-3-5-13-21(18)26-23(19)20/h6-9,11-12,14,26H,3-5,10,13,15H2,1-2H3,(H,25,28). The SMILES string of the molecule is COc1cccc(NC(=O)CN(C)C(=O)c2cccc3c4c([nH]c23)CCCCC4)c1. The molecule has 2 N–H and O–H groups in total. The van der Waals surface area contributed by atoms with E-state index in [1.807, 2.05) is 18.2 Å². The van der Waals surface area contributed by atoms with E-state index >= 15 is 0 Å². The van der Waals surface area contributed by atoms with Crippen LogP contribution in [0.3, 0.4) is 0 Å². The third-order valence-corrected chi connectivity index (χ3v) is 5.69. The Morgan fingerprint density at radius 3 is 2.73 bits per heavy atom. The Morgan fingerprint density at radius 2 is 1.90 bits per heavy atom. The molecule has 1 aromatic heterocycles. The fourth-order valence-corrected chi connectivity index (χ4v) is 4.18. The lowest BCUT2D eigenvalue weighted by molar-refractivity contribution is -0.116. The summed E-state index contributed by atoms with van der Waals surface area (Å²) in [5.41, 5.74) is 4.72. The van der Waals surface area contributed by atoms with E-state index < -0.39 is 0 Å². The smallest absolute Gasteiger partial charge is 0.256 e. The fraction of sp³-hybridized carbons (Fsp3) is 0.333. The van der Waals surface area contributed by atoms with Gasteiger partial charge in [-0.1, -0.05) is 24.6 Å². The van der Waals surface area contributed by atoms with Gasteiger partial charge in [-0.05, 0) is 49.4 Å². The number of nitrogens with zero attached hydrogens (tertiary/aromatic N) is 1. The zero-order valence-electron chi connectivity index (χ0n) is 17.5. The number of H-pyrrole nitrogens is 1. The topological polar surface area (TPSA) is 74.4 Å². The summed E-state index contributed by atoms with van der Waals surface area (Å²) < 4.78 is 5.18. The lowest BCUT2D eigenvalue weighted by Crippen LogP contribution is -2.35. The number of nitrogens with one attached hydrogen (secondary N) is 2. The number of rotatable bonds is 5. The molecule has 1 aliphatic carbocycles. The van der Waals surface area contributed by atoms with Crippen molar-refractivity contribution < 1.29 is 14.3 Å². The van der Waals surface area contributed by atoms with Gasteiger partial charge < -0.3 is 19.9 Å². The Bertz CT molecular complexity index is 1090. The van der Waals surface area contributed by atoms with Gasteiger partial charge >= 0.3 is 0 Å². The summed E-state index contributed by atoms with van der Waals surface area (Å²) in [5.74, 6) is 0.238. The van der Waals surface area contributed by atoms with Crippen LogP contribution in [0.2, 0.25) is 0 Å². The summed E-state index contributed by atoms with van der Waals surface area (Å²) in [6.07, 6.45) is 5.67.